The van der Waals surface area contributed by atoms with Gasteiger partial charge in [0.25, 0.3) is 5.91 Å². The van der Waals surface area contributed by atoms with Gasteiger partial charge in [-0.1, -0.05) is 44.2 Å². The lowest BCUT2D eigenvalue weighted by atomic mass is 10.0. The Morgan fingerprint density at radius 1 is 1.17 bits per heavy atom. The number of methoxy groups -OCH3 is 1. The number of nitrogens with one attached hydrogen (secondary N) is 1. The Morgan fingerprint density at radius 2 is 1.96 bits per heavy atom. The summed E-state index contributed by atoms with van der Waals surface area (Å²) in [6.07, 6.45) is 0. The molecular weight excluding hydrogens is 302 g/mol. The number of furan rings is 1. The van der Waals surface area contributed by atoms with Crippen LogP contribution in [0.4, 0.5) is 5.69 Å². The van der Waals surface area contributed by atoms with Crippen LogP contribution in [0.15, 0.2) is 52.9 Å². The van der Waals surface area contributed by atoms with Gasteiger partial charge >= 0.3 is 0 Å². The molecule has 1 N–H and O–H groups in total. The second kappa shape index (κ2) is 6.89. The van der Waals surface area contributed by atoms with Gasteiger partial charge in [0.05, 0.1) is 6.61 Å². The Labute approximate surface area is 141 Å². The molecule has 4 nitrogen and oxygen atoms in total. The summed E-state index contributed by atoms with van der Waals surface area (Å²) in [7, 11) is 1.61. The summed E-state index contributed by atoms with van der Waals surface area (Å²) in [6, 6.07) is 15.5. The normalized spacial score (nSPS) is 11.2. The van der Waals surface area contributed by atoms with E-state index in [1.165, 1.54) is 5.56 Å². The Kier molecular flexibility index (Phi) is 4.67. The van der Waals surface area contributed by atoms with Gasteiger partial charge < -0.3 is 14.5 Å². The lowest BCUT2D eigenvalue weighted by Gasteiger charge is -2.09. The highest BCUT2D eigenvalue weighted by Gasteiger charge is 2.20. The maximum Gasteiger partial charge on any atom is 0.291 e. The number of anilines is 1. The van der Waals surface area contributed by atoms with Gasteiger partial charge in [-0.05, 0) is 29.7 Å². The van der Waals surface area contributed by atoms with E-state index < -0.39 is 0 Å². The van der Waals surface area contributed by atoms with Crippen LogP contribution < -0.4 is 5.32 Å². The van der Waals surface area contributed by atoms with E-state index >= 15 is 0 Å². The third-order valence-corrected chi connectivity index (χ3v) is 4.00. The first kappa shape index (κ1) is 16.3. The Bertz CT molecular complexity index is 864. The smallest absolute Gasteiger partial charge is 0.291 e. The number of rotatable bonds is 5. The molecule has 24 heavy (non-hydrogen) atoms. The monoisotopic (exact) mass is 323 g/mol. The molecule has 0 aliphatic carbocycles. The molecule has 0 atom stereocenters. The highest BCUT2D eigenvalue weighted by atomic mass is 16.5. The molecule has 1 heterocycles. The Hall–Kier alpha value is -2.59. The van der Waals surface area contributed by atoms with Crippen molar-refractivity contribution in [2.45, 2.75) is 26.4 Å². The van der Waals surface area contributed by atoms with Crippen molar-refractivity contribution < 1.29 is 13.9 Å². The molecule has 0 saturated heterocycles. The molecule has 0 aliphatic rings. The van der Waals surface area contributed by atoms with Gasteiger partial charge in [0.15, 0.2) is 5.76 Å². The van der Waals surface area contributed by atoms with Gasteiger partial charge in [-0.25, -0.2) is 0 Å². The van der Waals surface area contributed by atoms with E-state index in [0.717, 1.165) is 16.6 Å². The van der Waals surface area contributed by atoms with Gasteiger partial charge in [0.1, 0.15) is 5.58 Å². The summed E-state index contributed by atoms with van der Waals surface area (Å²) in [4.78, 5) is 12.7. The first-order valence-corrected chi connectivity index (χ1v) is 8.00. The van der Waals surface area contributed by atoms with Crippen LogP contribution in [0, 0.1) is 0 Å². The van der Waals surface area contributed by atoms with E-state index in [9.17, 15) is 4.79 Å². The fourth-order valence-electron chi connectivity index (χ4n) is 2.73. The maximum absolute atomic E-state index is 12.7. The van der Waals surface area contributed by atoms with Gasteiger partial charge in [0.2, 0.25) is 0 Å². The standard InChI is InChI=1S/C20H21NO3/c1-13(2)14-7-6-8-15(11-14)21-20(22)19-17(12-23-3)16-9-4-5-10-18(16)24-19/h4-11,13H,12H2,1-3H3,(H,21,22). The average Bonchev–Trinajstić information content (AvgIpc) is 2.94. The molecule has 3 aromatic rings. The summed E-state index contributed by atoms with van der Waals surface area (Å²) in [6.45, 7) is 4.57. The van der Waals surface area contributed by atoms with Crippen molar-refractivity contribution >= 4 is 22.6 Å². The largest absolute Gasteiger partial charge is 0.451 e. The van der Waals surface area contributed by atoms with Crippen molar-refractivity contribution in [2.24, 2.45) is 0 Å². The Morgan fingerprint density at radius 3 is 2.71 bits per heavy atom. The number of amides is 1. The lowest BCUT2D eigenvalue weighted by Crippen LogP contribution is -2.13. The molecule has 0 radical (unpaired) electrons. The molecule has 1 aromatic heterocycles. The average molecular weight is 323 g/mol. The van der Waals surface area contributed by atoms with Gasteiger partial charge in [-0.15, -0.1) is 0 Å². The van der Waals surface area contributed by atoms with Crippen LogP contribution in [-0.4, -0.2) is 13.0 Å². The summed E-state index contributed by atoms with van der Waals surface area (Å²) in [5.74, 6) is 0.435. The van der Waals surface area contributed by atoms with Crippen molar-refractivity contribution in [3.05, 3.63) is 65.4 Å². The number of para-hydroxylation sites is 1. The minimum absolute atomic E-state index is 0.265. The second-order valence-electron chi connectivity index (χ2n) is 6.07. The third kappa shape index (κ3) is 3.19. The van der Waals surface area contributed by atoms with Crippen molar-refractivity contribution in [3.8, 4) is 0 Å². The topological polar surface area (TPSA) is 51.5 Å². The van der Waals surface area contributed by atoms with E-state index in [4.69, 9.17) is 9.15 Å². The van der Waals surface area contributed by atoms with Gasteiger partial charge in [-0.3, -0.25) is 4.79 Å². The zero-order valence-corrected chi connectivity index (χ0v) is 14.1. The molecule has 124 valence electrons. The molecule has 0 spiro atoms. The number of hydrogen-bond donors (Lipinski definition) is 1. The molecular formula is C20H21NO3. The maximum atomic E-state index is 12.7. The van der Waals surface area contributed by atoms with E-state index in [-0.39, 0.29) is 5.91 Å². The highest BCUT2D eigenvalue weighted by Crippen LogP contribution is 2.27. The third-order valence-electron chi connectivity index (χ3n) is 4.00. The number of ether oxygens (including phenoxy) is 1. The summed E-state index contributed by atoms with van der Waals surface area (Å²) in [5, 5.41) is 3.83. The van der Waals surface area contributed by atoms with Crippen LogP contribution in [0.2, 0.25) is 0 Å². The summed E-state index contributed by atoms with van der Waals surface area (Å²) in [5.41, 5.74) is 3.39. The zero-order valence-electron chi connectivity index (χ0n) is 14.1. The first-order chi connectivity index (χ1) is 11.6. The molecule has 4 heteroatoms. The molecule has 0 bridgehead atoms. The van der Waals surface area contributed by atoms with Gasteiger partial charge in [-0.2, -0.15) is 0 Å². The van der Waals surface area contributed by atoms with Crippen molar-refractivity contribution in [1.29, 1.82) is 0 Å². The summed E-state index contributed by atoms with van der Waals surface area (Å²) < 4.78 is 11.0. The minimum Gasteiger partial charge on any atom is -0.451 e. The molecule has 2 aromatic carbocycles. The van der Waals surface area contributed by atoms with E-state index in [1.807, 2.05) is 42.5 Å². The SMILES string of the molecule is COCc1c(C(=O)Nc2cccc(C(C)C)c2)oc2ccccc12. The van der Waals surface area contributed by atoms with Gasteiger partial charge in [0, 0.05) is 23.7 Å². The number of fused-ring (bicyclic) bond motifs is 1. The van der Waals surface area contributed by atoms with Crippen molar-refractivity contribution in [2.75, 3.05) is 12.4 Å². The van der Waals surface area contributed by atoms with Crippen molar-refractivity contribution in [1.82, 2.24) is 0 Å². The molecule has 3 rings (SSSR count). The molecule has 0 saturated carbocycles. The second-order valence-corrected chi connectivity index (χ2v) is 6.07. The quantitative estimate of drug-likeness (QED) is 0.722. The van der Waals surface area contributed by atoms with Crippen LogP contribution in [0.3, 0.4) is 0 Å². The van der Waals surface area contributed by atoms with Crippen LogP contribution in [0.5, 0.6) is 0 Å². The summed E-state index contributed by atoms with van der Waals surface area (Å²) >= 11 is 0. The van der Waals surface area contributed by atoms with E-state index in [1.54, 1.807) is 7.11 Å². The molecule has 0 aliphatic heterocycles. The number of carbonyl (C=O) groups excluding carboxylic acids is 1. The van der Waals surface area contributed by atoms with Crippen LogP contribution in [-0.2, 0) is 11.3 Å². The highest BCUT2D eigenvalue weighted by molar-refractivity contribution is 6.06. The molecule has 1 amide bonds. The fourth-order valence-corrected chi connectivity index (χ4v) is 2.73. The van der Waals surface area contributed by atoms with Crippen LogP contribution >= 0.6 is 0 Å². The predicted octanol–water partition coefficient (Wildman–Crippen LogP) is 4.95. The van der Waals surface area contributed by atoms with Crippen LogP contribution in [0.1, 0.15) is 41.4 Å². The predicted molar refractivity (Wildman–Crippen MR) is 95.4 cm³/mol. The lowest BCUT2D eigenvalue weighted by molar-refractivity contribution is 0.0992. The van der Waals surface area contributed by atoms with Crippen LogP contribution in [0.25, 0.3) is 11.0 Å². The minimum atomic E-state index is -0.265. The van der Waals surface area contributed by atoms with Crippen molar-refractivity contribution in [3.63, 3.8) is 0 Å². The fraction of sp³-hybridized carbons (Fsp3) is 0.250. The zero-order chi connectivity index (χ0) is 17.1. The van der Waals surface area contributed by atoms with E-state index in [0.29, 0.717) is 23.9 Å². The number of benzene rings is 2. The molecule has 0 fully saturated rings. The number of carbonyl (C=O) groups is 1. The number of hydrogen-bond acceptors (Lipinski definition) is 3. The van der Waals surface area contributed by atoms with E-state index in [2.05, 4.69) is 25.2 Å². The first-order valence-electron chi connectivity index (χ1n) is 8.00. The molecule has 0 unspecified atom stereocenters. The Balaban J connectivity index is 1.94.